The molecule has 0 radical (unpaired) electrons. The Bertz CT molecular complexity index is 499. The van der Waals surface area contributed by atoms with Crippen LogP contribution in [-0.4, -0.2) is 42.6 Å². The Morgan fingerprint density at radius 1 is 1.26 bits per heavy atom. The van der Waals surface area contributed by atoms with Crippen molar-refractivity contribution in [3.8, 4) is 0 Å². The lowest BCUT2D eigenvalue weighted by molar-refractivity contribution is -0.128. The van der Waals surface area contributed by atoms with Gasteiger partial charge in [-0.25, -0.2) is 0 Å². The lowest BCUT2D eigenvalue weighted by atomic mass is 10.1. The van der Waals surface area contributed by atoms with Gasteiger partial charge in [0, 0.05) is 25.2 Å². The van der Waals surface area contributed by atoms with Crippen molar-refractivity contribution in [1.29, 1.82) is 0 Å². The first-order valence-electron chi connectivity index (χ1n) is 8.92. The second-order valence-corrected chi connectivity index (χ2v) is 6.85. The third kappa shape index (κ3) is 4.55. The normalized spacial score (nSPS) is 24.0. The first-order valence-corrected chi connectivity index (χ1v) is 8.92. The van der Waals surface area contributed by atoms with Crippen LogP contribution in [0.25, 0.3) is 0 Å². The van der Waals surface area contributed by atoms with E-state index < -0.39 is 0 Å². The zero-order valence-electron chi connectivity index (χ0n) is 14.0. The Hall–Kier alpha value is -1.39. The van der Waals surface area contributed by atoms with Crippen LogP contribution in [0.3, 0.4) is 0 Å². The van der Waals surface area contributed by atoms with Crippen LogP contribution in [0.2, 0.25) is 0 Å². The maximum absolute atomic E-state index is 12.0. The topological polar surface area (TPSA) is 41.6 Å². The number of amides is 1. The van der Waals surface area contributed by atoms with Crippen molar-refractivity contribution in [1.82, 2.24) is 10.2 Å². The van der Waals surface area contributed by atoms with Crippen LogP contribution in [0, 0.1) is 0 Å². The van der Waals surface area contributed by atoms with Gasteiger partial charge in [-0.3, -0.25) is 9.69 Å². The first-order chi connectivity index (χ1) is 11.2. The zero-order chi connectivity index (χ0) is 16.1. The fourth-order valence-electron chi connectivity index (χ4n) is 3.72. The van der Waals surface area contributed by atoms with Crippen molar-refractivity contribution in [2.24, 2.45) is 0 Å². The molecule has 1 saturated heterocycles. The van der Waals surface area contributed by atoms with Gasteiger partial charge in [-0.1, -0.05) is 43.2 Å². The highest BCUT2D eigenvalue weighted by Crippen LogP contribution is 2.24. The van der Waals surface area contributed by atoms with Crippen LogP contribution in [0.1, 0.15) is 50.6 Å². The Morgan fingerprint density at radius 2 is 2.00 bits per heavy atom. The molecule has 1 aliphatic heterocycles. The molecule has 1 aromatic rings. The van der Waals surface area contributed by atoms with Gasteiger partial charge < -0.3 is 10.1 Å². The molecular weight excluding hydrogens is 288 g/mol. The molecule has 1 aromatic carbocycles. The Balaban J connectivity index is 1.41. The van der Waals surface area contributed by atoms with Crippen LogP contribution in [-0.2, 0) is 9.53 Å². The molecule has 2 fully saturated rings. The number of nitrogens with one attached hydrogen (secondary N) is 1. The average Bonchev–Trinajstić information content (AvgIpc) is 3.25. The minimum Gasteiger partial charge on any atom is -0.368 e. The molecule has 1 heterocycles. The monoisotopic (exact) mass is 316 g/mol. The predicted octanol–water partition coefficient (Wildman–Crippen LogP) is 2.90. The summed E-state index contributed by atoms with van der Waals surface area (Å²) in [6, 6.07) is 11.2. The summed E-state index contributed by atoms with van der Waals surface area (Å²) >= 11 is 0. The molecule has 1 N–H and O–H groups in total. The van der Waals surface area contributed by atoms with Gasteiger partial charge >= 0.3 is 0 Å². The first kappa shape index (κ1) is 16.5. The van der Waals surface area contributed by atoms with Crippen LogP contribution in [0.4, 0.5) is 0 Å². The van der Waals surface area contributed by atoms with Crippen molar-refractivity contribution in [2.75, 3.05) is 19.7 Å². The third-order valence-electron chi connectivity index (χ3n) is 5.17. The largest absolute Gasteiger partial charge is 0.368 e. The standard InChI is InChI=1S/C19H28N2O2/c1-15(16-7-3-2-4-8-16)21-12-11-17(13-21)20-19(22)14-23-18-9-5-6-10-18/h2-4,7-8,15,17-18H,5-6,9-14H2,1H3,(H,20,22)/t15-,17-/m1/s1. The number of hydrogen-bond donors (Lipinski definition) is 1. The minimum absolute atomic E-state index is 0.0381. The van der Waals surface area contributed by atoms with Crippen LogP contribution in [0.15, 0.2) is 30.3 Å². The summed E-state index contributed by atoms with van der Waals surface area (Å²) < 4.78 is 5.69. The summed E-state index contributed by atoms with van der Waals surface area (Å²) in [5.74, 6) is 0.0381. The van der Waals surface area contributed by atoms with E-state index in [0.717, 1.165) is 32.4 Å². The Morgan fingerprint density at radius 3 is 2.74 bits per heavy atom. The van der Waals surface area contributed by atoms with Crippen molar-refractivity contribution >= 4 is 5.91 Å². The van der Waals surface area contributed by atoms with E-state index in [1.54, 1.807) is 0 Å². The van der Waals surface area contributed by atoms with Gasteiger partial charge in [0.25, 0.3) is 0 Å². The highest BCUT2D eigenvalue weighted by atomic mass is 16.5. The number of carbonyl (C=O) groups excluding carboxylic acids is 1. The fourth-order valence-corrected chi connectivity index (χ4v) is 3.72. The summed E-state index contributed by atoms with van der Waals surface area (Å²) in [6.07, 6.45) is 6.02. The van der Waals surface area contributed by atoms with E-state index in [1.807, 2.05) is 6.07 Å². The number of carbonyl (C=O) groups is 1. The second-order valence-electron chi connectivity index (χ2n) is 6.85. The fraction of sp³-hybridized carbons (Fsp3) is 0.632. The molecule has 0 spiro atoms. The third-order valence-corrected chi connectivity index (χ3v) is 5.17. The SMILES string of the molecule is C[C@H](c1ccccc1)N1CC[C@@H](NC(=O)COC2CCCC2)C1. The maximum Gasteiger partial charge on any atom is 0.246 e. The van der Waals surface area contributed by atoms with Gasteiger partial charge in [0.2, 0.25) is 5.91 Å². The Kier molecular flexibility index (Phi) is 5.68. The van der Waals surface area contributed by atoms with Crippen LogP contribution < -0.4 is 5.32 Å². The highest BCUT2D eigenvalue weighted by Gasteiger charge is 2.28. The number of nitrogens with zero attached hydrogens (tertiary/aromatic N) is 1. The average molecular weight is 316 g/mol. The zero-order valence-corrected chi connectivity index (χ0v) is 14.0. The van der Waals surface area contributed by atoms with E-state index in [0.29, 0.717) is 12.1 Å². The quantitative estimate of drug-likeness (QED) is 0.877. The molecule has 2 aliphatic rings. The lowest BCUT2D eigenvalue weighted by Gasteiger charge is -2.24. The number of hydrogen-bond acceptors (Lipinski definition) is 3. The molecule has 1 saturated carbocycles. The molecule has 0 unspecified atom stereocenters. The minimum atomic E-state index is 0.0381. The van der Waals surface area contributed by atoms with Crippen molar-refractivity contribution in [3.05, 3.63) is 35.9 Å². The lowest BCUT2D eigenvalue weighted by Crippen LogP contribution is -2.39. The van der Waals surface area contributed by atoms with Gasteiger partial charge in [-0.15, -0.1) is 0 Å². The van der Waals surface area contributed by atoms with E-state index in [4.69, 9.17) is 4.74 Å². The molecule has 23 heavy (non-hydrogen) atoms. The summed E-state index contributed by atoms with van der Waals surface area (Å²) in [5.41, 5.74) is 1.34. The molecule has 0 bridgehead atoms. The van der Waals surface area contributed by atoms with E-state index in [2.05, 4.69) is 41.4 Å². The van der Waals surface area contributed by atoms with Gasteiger partial charge in [0.05, 0.1) is 6.10 Å². The Labute approximate surface area is 139 Å². The van der Waals surface area contributed by atoms with E-state index >= 15 is 0 Å². The van der Waals surface area contributed by atoms with E-state index in [1.165, 1.54) is 18.4 Å². The van der Waals surface area contributed by atoms with Crippen molar-refractivity contribution in [3.63, 3.8) is 0 Å². The van der Waals surface area contributed by atoms with Gasteiger partial charge in [0.1, 0.15) is 6.61 Å². The predicted molar refractivity (Wildman–Crippen MR) is 91.2 cm³/mol. The van der Waals surface area contributed by atoms with Crippen LogP contribution in [0.5, 0.6) is 0 Å². The molecule has 1 amide bonds. The number of ether oxygens (including phenoxy) is 1. The molecule has 0 aromatic heterocycles. The summed E-state index contributed by atoms with van der Waals surface area (Å²) in [6.45, 7) is 4.41. The highest BCUT2D eigenvalue weighted by molar-refractivity contribution is 5.77. The second kappa shape index (κ2) is 7.93. The van der Waals surface area contributed by atoms with E-state index in [9.17, 15) is 4.79 Å². The molecular formula is C19H28N2O2. The molecule has 1 aliphatic carbocycles. The molecule has 2 atom stereocenters. The van der Waals surface area contributed by atoms with Crippen molar-refractivity contribution < 1.29 is 9.53 Å². The smallest absolute Gasteiger partial charge is 0.246 e. The number of rotatable bonds is 6. The number of benzene rings is 1. The molecule has 4 nitrogen and oxygen atoms in total. The summed E-state index contributed by atoms with van der Waals surface area (Å²) in [7, 11) is 0. The molecule has 126 valence electrons. The summed E-state index contributed by atoms with van der Waals surface area (Å²) in [5, 5.41) is 3.13. The van der Waals surface area contributed by atoms with Crippen LogP contribution >= 0.6 is 0 Å². The molecule has 3 rings (SSSR count). The van der Waals surface area contributed by atoms with Crippen molar-refractivity contribution in [2.45, 2.75) is 57.2 Å². The summed E-state index contributed by atoms with van der Waals surface area (Å²) in [4.78, 5) is 14.5. The maximum atomic E-state index is 12.0. The molecule has 4 heteroatoms. The van der Waals surface area contributed by atoms with Gasteiger partial charge in [0.15, 0.2) is 0 Å². The van der Waals surface area contributed by atoms with E-state index in [-0.39, 0.29) is 18.6 Å². The van der Waals surface area contributed by atoms with Gasteiger partial charge in [-0.05, 0) is 31.7 Å². The number of likely N-dealkylation sites (tertiary alicyclic amines) is 1. The van der Waals surface area contributed by atoms with Gasteiger partial charge in [-0.2, -0.15) is 0 Å².